The number of nitrogens with one attached hydrogen (secondary N) is 1. The minimum Gasteiger partial charge on any atom is -0.467 e. The number of hydrogen-bond acceptors (Lipinski definition) is 15. The monoisotopic (exact) mass is 1060 g/mol. The summed E-state index contributed by atoms with van der Waals surface area (Å²) in [5, 5.41) is 2.82. The van der Waals surface area contributed by atoms with Gasteiger partial charge in [-0.1, -0.05) is 99.2 Å². The zero-order chi connectivity index (χ0) is 51.9. The molecule has 3 N–H and O–H groups in total. The second-order valence-corrected chi connectivity index (χ2v) is 21.1. The summed E-state index contributed by atoms with van der Waals surface area (Å²) in [7, 11) is 2.63. The van der Waals surface area contributed by atoms with Crippen LogP contribution in [0, 0.1) is 11.8 Å². The number of nitrogens with zero attached hydrogens (tertiary/aromatic N) is 2. The number of methoxy groups -OCH3 is 2. The third-order valence-electron chi connectivity index (χ3n) is 14.7. The molecule has 4 saturated heterocycles. The van der Waals surface area contributed by atoms with Crippen molar-refractivity contribution in [3.63, 3.8) is 0 Å². The average Bonchev–Trinajstić information content (AvgIpc) is 4.17. The Labute approximate surface area is 443 Å². The van der Waals surface area contributed by atoms with E-state index in [0.29, 0.717) is 45.8 Å². The summed E-state index contributed by atoms with van der Waals surface area (Å²) in [6.45, 7) is 8.07. The van der Waals surface area contributed by atoms with E-state index in [4.69, 9.17) is 48.4 Å². The van der Waals surface area contributed by atoms with Crippen LogP contribution in [0.3, 0.4) is 0 Å². The fourth-order valence-corrected chi connectivity index (χ4v) is 11.0. The van der Waals surface area contributed by atoms with E-state index in [0.717, 1.165) is 81.8 Å². The quantitative estimate of drug-likeness (QED) is 0.0846. The molecule has 0 aromatic heterocycles. The predicted octanol–water partition coefficient (Wildman–Crippen LogP) is 6.76. The van der Waals surface area contributed by atoms with Crippen LogP contribution in [0.1, 0.15) is 122 Å². The third kappa shape index (κ3) is 16.1. The molecule has 6 fully saturated rings. The van der Waals surface area contributed by atoms with E-state index >= 15 is 0 Å². The lowest BCUT2D eigenvalue weighted by Gasteiger charge is -2.35. The highest BCUT2D eigenvalue weighted by atomic mass is 35.5. The molecule has 19 heteroatoms. The molecule has 18 nitrogen and oxygen atoms in total. The number of nitrogens with two attached hydrogens (primary N) is 1. The van der Waals surface area contributed by atoms with Crippen molar-refractivity contribution in [3.8, 4) is 0 Å². The molecule has 0 bridgehead atoms. The van der Waals surface area contributed by atoms with Crippen LogP contribution in [0.25, 0.3) is 0 Å². The number of amides is 3. The number of esters is 2. The van der Waals surface area contributed by atoms with Crippen molar-refractivity contribution < 1.29 is 66.6 Å². The molecule has 8 rings (SSSR count). The summed E-state index contributed by atoms with van der Waals surface area (Å²) in [4.78, 5) is 68.4. The van der Waals surface area contributed by atoms with Gasteiger partial charge in [0.05, 0.1) is 46.6 Å². The molecule has 4 heterocycles. The van der Waals surface area contributed by atoms with E-state index in [2.05, 4.69) is 5.32 Å². The molecule has 2 saturated carbocycles. The number of hydrogen-bond donors (Lipinski definition) is 2. The lowest BCUT2D eigenvalue weighted by Crippen LogP contribution is -2.57. The number of carbonyl (C=O) groups excluding carboxylic acids is 5. The van der Waals surface area contributed by atoms with Gasteiger partial charge in [-0.15, -0.1) is 12.4 Å². The van der Waals surface area contributed by atoms with Crippen LogP contribution in [0.15, 0.2) is 60.7 Å². The van der Waals surface area contributed by atoms with E-state index in [1.807, 2.05) is 60.7 Å². The van der Waals surface area contributed by atoms with Crippen molar-refractivity contribution >= 4 is 42.3 Å². The van der Waals surface area contributed by atoms with Gasteiger partial charge in [0, 0.05) is 26.1 Å². The zero-order valence-corrected chi connectivity index (χ0v) is 44.8. The van der Waals surface area contributed by atoms with Gasteiger partial charge in [-0.2, -0.15) is 0 Å². The Morgan fingerprint density at radius 3 is 1.50 bits per heavy atom. The third-order valence-corrected chi connectivity index (χ3v) is 14.7. The zero-order valence-electron chi connectivity index (χ0n) is 43.9. The van der Waals surface area contributed by atoms with E-state index in [1.165, 1.54) is 30.4 Å². The molecule has 2 aromatic rings. The number of rotatable bonds is 19. The van der Waals surface area contributed by atoms with Gasteiger partial charge in [-0.3, -0.25) is 9.59 Å². The van der Waals surface area contributed by atoms with Gasteiger partial charge < -0.3 is 63.5 Å². The summed E-state index contributed by atoms with van der Waals surface area (Å²) >= 11 is 0. The largest absolute Gasteiger partial charge is 0.467 e. The number of alkyl carbamates (subject to hydrolysis) is 1. The average molecular weight is 1060 g/mol. The van der Waals surface area contributed by atoms with E-state index in [9.17, 15) is 24.0 Å². The SMILES string of the molecule is COC(=O)[C@@H]1[C@H]2OC(CCCOCc3ccccc3)O[C@H]2CN1C(=O)[C@@H](N)C1CCCCC1.COC(=O)[C@@H]1[C@H]2OC(CCCOCc3ccccc3)O[C@H]2CN1C(=O)[C@@H](NC(=O)OC(C)(C)C)C1CCCCC1.Cl. The van der Waals surface area contributed by atoms with Gasteiger partial charge in [0.1, 0.15) is 36.1 Å². The summed E-state index contributed by atoms with van der Waals surface area (Å²) in [6.07, 6.45) is 9.22. The Morgan fingerprint density at radius 2 is 1.07 bits per heavy atom. The van der Waals surface area contributed by atoms with E-state index in [-0.39, 0.29) is 48.7 Å². The van der Waals surface area contributed by atoms with Crippen molar-refractivity contribution in [2.75, 3.05) is 40.5 Å². The highest BCUT2D eigenvalue weighted by Gasteiger charge is 2.57. The standard InChI is InChI=1S/C30H44N2O8.C25H36N2O6.ClH/c1-30(2,3)40-29(35)31-24(21-14-9-6-10-15-21)27(33)32-18-22-26(25(32)28(34)36-4)39-23(38-22)16-11-17-37-19-20-12-7-5-8-13-20;1-30-25(29)22-23-19(15-27(22)24(28)21(26)18-11-6-3-7-12-18)32-20(33-23)13-8-14-31-16-17-9-4-2-5-10-17;/h5,7-8,12-13,21-26H,6,9-11,14-19H2,1-4H3,(H,31,35);2,4-5,9-10,18-23H,3,6-8,11-16,26H2,1H3;1H/t22-,23?,24-,25-,26-;19-,20?,21-,22-,23-;/m00./s1. The number of benzene rings is 2. The van der Waals surface area contributed by atoms with Gasteiger partial charge in [-0.05, 0) is 82.3 Å². The van der Waals surface area contributed by atoms with Crippen LogP contribution in [-0.4, -0.2) is 147 Å². The van der Waals surface area contributed by atoms with E-state index in [1.54, 1.807) is 20.8 Å². The topological polar surface area (TPSA) is 213 Å². The van der Waals surface area contributed by atoms with Gasteiger partial charge in [0.15, 0.2) is 24.7 Å². The van der Waals surface area contributed by atoms with Crippen molar-refractivity contribution in [2.45, 2.75) is 191 Å². The normalized spacial score (nSPS) is 26.6. The van der Waals surface area contributed by atoms with Gasteiger partial charge in [0.2, 0.25) is 11.8 Å². The van der Waals surface area contributed by atoms with E-state index < -0.39 is 78.7 Å². The molecule has 74 heavy (non-hydrogen) atoms. The summed E-state index contributed by atoms with van der Waals surface area (Å²) in [6, 6.07) is 16.8. The molecule has 6 aliphatic rings. The molecule has 412 valence electrons. The van der Waals surface area contributed by atoms with Gasteiger partial charge >= 0.3 is 18.0 Å². The number of fused-ring (bicyclic) bond motifs is 2. The number of halogens is 1. The van der Waals surface area contributed by atoms with Crippen LogP contribution in [-0.2, 0) is 75.0 Å². The summed E-state index contributed by atoms with van der Waals surface area (Å²) in [5.41, 5.74) is 7.90. The molecule has 10 atom stereocenters. The maximum absolute atomic E-state index is 14.0. The number of ether oxygens (including phenoxy) is 9. The molecule has 0 spiro atoms. The van der Waals surface area contributed by atoms with Crippen LogP contribution in [0.4, 0.5) is 4.79 Å². The molecule has 3 amide bonds. The summed E-state index contributed by atoms with van der Waals surface area (Å²) < 4.78 is 51.5. The van der Waals surface area contributed by atoms with Crippen molar-refractivity contribution in [3.05, 3.63) is 71.8 Å². The smallest absolute Gasteiger partial charge is 0.408 e. The first-order valence-corrected chi connectivity index (χ1v) is 26.6. The second kappa shape index (κ2) is 28.7. The first kappa shape index (κ1) is 58.9. The second-order valence-electron chi connectivity index (χ2n) is 21.1. The fourth-order valence-electron chi connectivity index (χ4n) is 11.0. The Kier molecular flexibility index (Phi) is 22.8. The minimum absolute atomic E-state index is 0. The molecule has 2 aromatic carbocycles. The molecule has 0 radical (unpaired) electrons. The number of carbonyl (C=O) groups is 5. The van der Waals surface area contributed by atoms with Gasteiger partial charge in [-0.25, -0.2) is 14.4 Å². The maximum atomic E-state index is 14.0. The highest BCUT2D eigenvalue weighted by Crippen LogP contribution is 2.38. The minimum atomic E-state index is -0.951. The number of likely N-dealkylation sites (tertiary alicyclic amines) is 2. The van der Waals surface area contributed by atoms with Crippen LogP contribution in [0.2, 0.25) is 0 Å². The van der Waals surface area contributed by atoms with Crippen LogP contribution < -0.4 is 11.1 Å². The van der Waals surface area contributed by atoms with Crippen molar-refractivity contribution in [1.82, 2.24) is 15.1 Å². The highest BCUT2D eigenvalue weighted by molar-refractivity contribution is 5.91. The predicted molar refractivity (Wildman–Crippen MR) is 274 cm³/mol. The van der Waals surface area contributed by atoms with Crippen LogP contribution >= 0.6 is 12.4 Å². The van der Waals surface area contributed by atoms with Crippen LogP contribution in [0.5, 0.6) is 0 Å². The lowest BCUT2D eigenvalue weighted by atomic mass is 9.83. The Hall–Kier alpha value is -4.40. The first-order valence-electron chi connectivity index (χ1n) is 26.6. The summed E-state index contributed by atoms with van der Waals surface area (Å²) in [5.74, 6) is -1.46. The molecule has 2 unspecified atom stereocenters. The van der Waals surface area contributed by atoms with Crippen molar-refractivity contribution in [2.24, 2.45) is 17.6 Å². The molecule has 4 aliphatic heterocycles. The van der Waals surface area contributed by atoms with Gasteiger partial charge in [0.25, 0.3) is 0 Å². The Bertz CT molecular complexity index is 2070. The first-order chi connectivity index (χ1) is 35.2. The maximum Gasteiger partial charge on any atom is 0.408 e. The molecule has 2 aliphatic carbocycles. The molecular formula is C55H81ClN4O14. The Morgan fingerprint density at radius 1 is 0.635 bits per heavy atom. The van der Waals surface area contributed by atoms with Crippen molar-refractivity contribution in [1.29, 1.82) is 0 Å². The molecular weight excluding hydrogens is 976 g/mol. The fraction of sp³-hybridized carbons (Fsp3) is 0.691. The Balaban J connectivity index is 0.000000242. The lowest BCUT2D eigenvalue weighted by molar-refractivity contribution is -0.160.